The number of imidazole rings is 1. The number of nitrogens with one attached hydrogen (secondary N) is 1. The zero-order valence-electron chi connectivity index (χ0n) is 10.4. The summed E-state index contributed by atoms with van der Waals surface area (Å²) in [7, 11) is 0. The van der Waals surface area contributed by atoms with Crippen molar-refractivity contribution in [2.45, 2.75) is 19.4 Å². The first-order valence-corrected chi connectivity index (χ1v) is 6.63. The van der Waals surface area contributed by atoms with Crippen molar-refractivity contribution in [1.29, 1.82) is 0 Å². The molecule has 2 aromatic rings. The number of H-pyrrole nitrogens is 1. The van der Waals surface area contributed by atoms with Gasteiger partial charge < -0.3 is 9.88 Å². The summed E-state index contributed by atoms with van der Waals surface area (Å²) >= 11 is 6.01. The lowest BCUT2D eigenvalue weighted by atomic mass is 10.0. The Morgan fingerprint density at radius 2 is 2.26 bits per heavy atom. The molecule has 0 radical (unpaired) electrons. The van der Waals surface area contributed by atoms with Crippen LogP contribution in [-0.2, 0) is 24.2 Å². The monoisotopic (exact) mass is 275 g/mol. The van der Waals surface area contributed by atoms with Gasteiger partial charge in [0.15, 0.2) is 0 Å². The van der Waals surface area contributed by atoms with E-state index < -0.39 is 0 Å². The molecular weight excluding hydrogens is 262 g/mol. The Hall–Kier alpha value is -1.81. The van der Waals surface area contributed by atoms with Crippen LogP contribution in [0.5, 0.6) is 0 Å². The first-order valence-electron chi connectivity index (χ1n) is 6.25. The maximum atomic E-state index is 12.2. The molecule has 1 aliphatic heterocycles. The van der Waals surface area contributed by atoms with Gasteiger partial charge >= 0.3 is 0 Å². The van der Waals surface area contributed by atoms with E-state index >= 15 is 0 Å². The molecule has 3 rings (SSSR count). The van der Waals surface area contributed by atoms with Crippen LogP contribution in [0, 0.1) is 0 Å². The van der Waals surface area contributed by atoms with Crippen molar-refractivity contribution < 1.29 is 4.79 Å². The summed E-state index contributed by atoms with van der Waals surface area (Å²) in [6.45, 7) is 1.27. The summed E-state index contributed by atoms with van der Waals surface area (Å²) in [5.74, 6) is 0.143. The number of carbonyl (C=O) groups is 1. The highest BCUT2D eigenvalue weighted by atomic mass is 35.5. The maximum absolute atomic E-state index is 12.2. The summed E-state index contributed by atoms with van der Waals surface area (Å²) in [6.07, 6.45) is 4.73. The number of hydrogen-bond acceptors (Lipinski definition) is 2. The second-order valence-electron chi connectivity index (χ2n) is 4.72. The SMILES string of the molecule is O=C1Cc2ccc(Cl)cc2CCN1Cc1c[nH]cn1. The van der Waals surface area contributed by atoms with E-state index in [1.807, 2.05) is 29.3 Å². The van der Waals surface area contributed by atoms with Crippen molar-refractivity contribution in [3.05, 3.63) is 52.6 Å². The highest BCUT2D eigenvalue weighted by Crippen LogP contribution is 2.21. The standard InChI is InChI=1S/C14H14ClN3O/c15-12-2-1-10-6-14(19)18(4-3-11(10)5-12)8-13-7-16-9-17-13/h1-2,5,7,9H,3-4,6,8H2,(H,16,17). The Kier molecular flexibility index (Phi) is 3.25. The summed E-state index contributed by atoms with van der Waals surface area (Å²) in [6, 6.07) is 5.76. The number of nitrogens with zero attached hydrogens (tertiary/aromatic N) is 2. The molecule has 0 unspecified atom stereocenters. The number of carbonyl (C=O) groups excluding carboxylic acids is 1. The first kappa shape index (κ1) is 12.2. The zero-order chi connectivity index (χ0) is 13.2. The number of aromatic amines is 1. The van der Waals surface area contributed by atoms with E-state index in [0.29, 0.717) is 19.5 Å². The minimum Gasteiger partial charge on any atom is -0.351 e. The van der Waals surface area contributed by atoms with E-state index in [1.165, 1.54) is 5.56 Å². The van der Waals surface area contributed by atoms with Crippen molar-refractivity contribution in [1.82, 2.24) is 14.9 Å². The van der Waals surface area contributed by atoms with Crippen LogP contribution in [0.25, 0.3) is 0 Å². The fraction of sp³-hybridized carbons (Fsp3) is 0.286. The van der Waals surface area contributed by atoms with Gasteiger partial charge in [0.2, 0.25) is 5.91 Å². The third-order valence-corrected chi connectivity index (χ3v) is 3.66. The fourth-order valence-corrected chi connectivity index (χ4v) is 2.59. The van der Waals surface area contributed by atoms with Crippen molar-refractivity contribution >= 4 is 17.5 Å². The van der Waals surface area contributed by atoms with Gasteiger partial charge in [0.1, 0.15) is 0 Å². The Morgan fingerprint density at radius 3 is 3.05 bits per heavy atom. The molecule has 5 heteroatoms. The van der Waals surface area contributed by atoms with Gasteiger partial charge in [0.25, 0.3) is 0 Å². The van der Waals surface area contributed by atoms with Crippen LogP contribution in [0.3, 0.4) is 0 Å². The molecule has 0 spiro atoms. The van der Waals surface area contributed by atoms with Crippen LogP contribution in [0.1, 0.15) is 16.8 Å². The van der Waals surface area contributed by atoms with E-state index in [2.05, 4.69) is 9.97 Å². The highest BCUT2D eigenvalue weighted by molar-refractivity contribution is 6.30. The first-order chi connectivity index (χ1) is 9.22. The molecule has 0 fully saturated rings. The Balaban J connectivity index is 1.80. The molecule has 98 valence electrons. The average molecular weight is 276 g/mol. The van der Waals surface area contributed by atoms with Gasteiger partial charge in [0.05, 0.1) is 25.0 Å². The number of rotatable bonds is 2. The van der Waals surface area contributed by atoms with E-state index in [9.17, 15) is 4.79 Å². The number of aromatic nitrogens is 2. The van der Waals surface area contributed by atoms with Crippen LogP contribution in [-0.4, -0.2) is 27.3 Å². The molecular formula is C14H14ClN3O. The molecule has 0 atom stereocenters. The lowest BCUT2D eigenvalue weighted by Crippen LogP contribution is -2.31. The van der Waals surface area contributed by atoms with Gasteiger partial charge in [-0.2, -0.15) is 0 Å². The summed E-state index contributed by atoms with van der Waals surface area (Å²) in [4.78, 5) is 21.2. The summed E-state index contributed by atoms with van der Waals surface area (Å²) in [5.41, 5.74) is 3.14. The fourth-order valence-electron chi connectivity index (χ4n) is 2.39. The van der Waals surface area contributed by atoms with Crippen LogP contribution in [0.2, 0.25) is 5.02 Å². The van der Waals surface area contributed by atoms with Crippen molar-refractivity contribution in [2.75, 3.05) is 6.54 Å². The zero-order valence-corrected chi connectivity index (χ0v) is 11.2. The lowest BCUT2D eigenvalue weighted by molar-refractivity contribution is -0.130. The topological polar surface area (TPSA) is 49.0 Å². The molecule has 0 saturated heterocycles. The number of benzene rings is 1. The Labute approximate surface area is 116 Å². The average Bonchev–Trinajstić information content (AvgIpc) is 2.84. The molecule has 1 aliphatic rings. The minimum atomic E-state index is 0.143. The van der Waals surface area contributed by atoms with Gasteiger partial charge in [-0.05, 0) is 29.7 Å². The van der Waals surface area contributed by atoms with Gasteiger partial charge in [-0.3, -0.25) is 4.79 Å². The number of fused-ring (bicyclic) bond motifs is 1. The van der Waals surface area contributed by atoms with E-state index in [1.54, 1.807) is 6.33 Å². The van der Waals surface area contributed by atoms with Crippen molar-refractivity contribution in [2.24, 2.45) is 0 Å². The lowest BCUT2D eigenvalue weighted by Gasteiger charge is -2.18. The quantitative estimate of drug-likeness (QED) is 0.913. The van der Waals surface area contributed by atoms with Crippen LogP contribution in [0.15, 0.2) is 30.7 Å². The molecule has 1 aromatic carbocycles. The second kappa shape index (κ2) is 5.05. The number of hydrogen-bond donors (Lipinski definition) is 1. The third kappa shape index (κ3) is 2.63. The second-order valence-corrected chi connectivity index (χ2v) is 5.15. The molecule has 1 aromatic heterocycles. The van der Waals surface area contributed by atoms with Gasteiger partial charge in [0, 0.05) is 17.8 Å². The van der Waals surface area contributed by atoms with E-state index in [4.69, 9.17) is 11.6 Å². The maximum Gasteiger partial charge on any atom is 0.227 e. The summed E-state index contributed by atoms with van der Waals surface area (Å²) in [5, 5.41) is 0.729. The highest BCUT2D eigenvalue weighted by Gasteiger charge is 2.21. The minimum absolute atomic E-state index is 0.143. The molecule has 2 heterocycles. The predicted octanol–water partition coefficient (Wildman–Crippen LogP) is 2.19. The van der Waals surface area contributed by atoms with Crippen LogP contribution in [0.4, 0.5) is 0 Å². The van der Waals surface area contributed by atoms with Crippen molar-refractivity contribution in [3.63, 3.8) is 0 Å². The van der Waals surface area contributed by atoms with Gasteiger partial charge in [-0.15, -0.1) is 0 Å². The number of halogens is 1. The van der Waals surface area contributed by atoms with E-state index in [-0.39, 0.29) is 5.91 Å². The van der Waals surface area contributed by atoms with Crippen molar-refractivity contribution in [3.8, 4) is 0 Å². The summed E-state index contributed by atoms with van der Waals surface area (Å²) < 4.78 is 0. The molecule has 1 N–H and O–H groups in total. The smallest absolute Gasteiger partial charge is 0.227 e. The molecule has 1 amide bonds. The predicted molar refractivity (Wildman–Crippen MR) is 72.9 cm³/mol. The molecule has 19 heavy (non-hydrogen) atoms. The molecule has 0 saturated carbocycles. The molecule has 4 nitrogen and oxygen atoms in total. The number of amides is 1. The van der Waals surface area contributed by atoms with Crippen LogP contribution >= 0.6 is 11.6 Å². The van der Waals surface area contributed by atoms with Gasteiger partial charge in [-0.25, -0.2) is 4.98 Å². The molecule has 0 aliphatic carbocycles. The van der Waals surface area contributed by atoms with Crippen LogP contribution < -0.4 is 0 Å². The normalized spacial score (nSPS) is 15.2. The van der Waals surface area contributed by atoms with Gasteiger partial charge in [-0.1, -0.05) is 17.7 Å². The Bertz CT molecular complexity index is 595. The third-order valence-electron chi connectivity index (χ3n) is 3.42. The molecule has 0 bridgehead atoms. The Morgan fingerprint density at radius 1 is 1.37 bits per heavy atom. The largest absolute Gasteiger partial charge is 0.351 e. The van der Waals surface area contributed by atoms with E-state index in [0.717, 1.165) is 22.7 Å².